The molecule has 0 spiro atoms. The Kier molecular flexibility index (Phi) is 5.48. The maximum Gasteiger partial charge on any atom is 0.255 e. The first-order chi connectivity index (χ1) is 13.3. The Morgan fingerprint density at radius 3 is 2.70 bits per heavy atom. The van der Waals surface area contributed by atoms with E-state index in [0.717, 1.165) is 50.7 Å². The quantitative estimate of drug-likeness (QED) is 0.872. The van der Waals surface area contributed by atoms with Crippen LogP contribution in [-0.4, -0.2) is 66.2 Å². The molecule has 2 aromatic heterocycles. The van der Waals surface area contributed by atoms with Crippen molar-refractivity contribution in [1.82, 2.24) is 14.9 Å². The topological polar surface area (TPSA) is 70.6 Å². The smallest absolute Gasteiger partial charge is 0.255 e. The number of ether oxygens (including phenoxy) is 1. The molecule has 0 bridgehead atoms. The third kappa shape index (κ3) is 4.36. The summed E-state index contributed by atoms with van der Waals surface area (Å²) >= 11 is 0. The average Bonchev–Trinajstić information content (AvgIpc) is 3.27. The van der Waals surface area contributed by atoms with Gasteiger partial charge < -0.3 is 19.9 Å². The Balaban J connectivity index is 1.29. The summed E-state index contributed by atoms with van der Waals surface area (Å²) < 4.78 is 5.60. The molecule has 7 heteroatoms. The molecule has 4 rings (SSSR count). The van der Waals surface area contributed by atoms with Crippen LogP contribution in [0, 0.1) is 0 Å². The van der Waals surface area contributed by atoms with Crippen molar-refractivity contribution < 1.29 is 9.53 Å². The second kappa shape index (κ2) is 8.35. The SMILES string of the molecule is O=C(c1ccc(NCC2CCCO2)nc1)N1CCN(c2ccccn2)CC1. The Hall–Kier alpha value is -2.67. The maximum atomic E-state index is 12.7. The minimum Gasteiger partial charge on any atom is -0.376 e. The van der Waals surface area contributed by atoms with Crippen LogP contribution in [0.4, 0.5) is 11.6 Å². The summed E-state index contributed by atoms with van der Waals surface area (Å²) in [4.78, 5) is 25.6. The van der Waals surface area contributed by atoms with E-state index in [-0.39, 0.29) is 12.0 Å². The Morgan fingerprint density at radius 1 is 1.15 bits per heavy atom. The molecule has 0 aliphatic carbocycles. The molecule has 1 amide bonds. The highest BCUT2D eigenvalue weighted by Crippen LogP contribution is 2.16. The number of amides is 1. The lowest BCUT2D eigenvalue weighted by Crippen LogP contribution is -2.49. The summed E-state index contributed by atoms with van der Waals surface area (Å²) in [7, 11) is 0. The third-order valence-electron chi connectivity index (χ3n) is 5.09. The number of carbonyl (C=O) groups is 1. The lowest BCUT2D eigenvalue weighted by molar-refractivity contribution is 0.0746. The monoisotopic (exact) mass is 367 g/mol. The van der Waals surface area contributed by atoms with Crippen molar-refractivity contribution in [2.24, 2.45) is 0 Å². The molecular formula is C20H25N5O2. The molecule has 27 heavy (non-hydrogen) atoms. The lowest BCUT2D eigenvalue weighted by atomic mass is 10.2. The first-order valence-electron chi connectivity index (χ1n) is 9.56. The van der Waals surface area contributed by atoms with Gasteiger partial charge in [0.25, 0.3) is 5.91 Å². The van der Waals surface area contributed by atoms with E-state index >= 15 is 0 Å². The Labute approximate surface area is 159 Å². The molecule has 0 radical (unpaired) electrons. The summed E-state index contributed by atoms with van der Waals surface area (Å²) in [5.41, 5.74) is 0.629. The van der Waals surface area contributed by atoms with Crippen LogP contribution in [-0.2, 0) is 4.74 Å². The van der Waals surface area contributed by atoms with Gasteiger partial charge in [-0.2, -0.15) is 0 Å². The van der Waals surface area contributed by atoms with Crippen LogP contribution in [0.2, 0.25) is 0 Å². The molecular weight excluding hydrogens is 342 g/mol. The number of carbonyl (C=O) groups excluding carboxylic acids is 1. The number of aromatic nitrogens is 2. The van der Waals surface area contributed by atoms with E-state index in [9.17, 15) is 4.79 Å². The molecule has 1 N–H and O–H groups in total. The molecule has 2 aliphatic heterocycles. The fourth-order valence-electron chi connectivity index (χ4n) is 3.51. The van der Waals surface area contributed by atoms with Gasteiger partial charge in [-0.05, 0) is 37.1 Å². The van der Waals surface area contributed by atoms with Gasteiger partial charge in [0, 0.05) is 51.7 Å². The number of pyridine rings is 2. The van der Waals surface area contributed by atoms with E-state index in [2.05, 4.69) is 20.2 Å². The molecule has 0 aromatic carbocycles. The third-order valence-corrected chi connectivity index (χ3v) is 5.09. The van der Waals surface area contributed by atoms with Crippen molar-refractivity contribution in [1.29, 1.82) is 0 Å². The molecule has 142 valence electrons. The molecule has 1 unspecified atom stereocenters. The predicted molar refractivity (Wildman–Crippen MR) is 104 cm³/mol. The zero-order valence-electron chi connectivity index (χ0n) is 15.4. The lowest BCUT2D eigenvalue weighted by Gasteiger charge is -2.35. The van der Waals surface area contributed by atoms with Crippen molar-refractivity contribution >= 4 is 17.5 Å². The fourth-order valence-corrected chi connectivity index (χ4v) is 3.51. The summed E-state index contributed by atoms with van der Waals surface area (Å²) in [6.07, 6.45) is 5.94. The predicted octanol–water partition coefficient (Wildman–Crippen LogP) is 2.03. The highest BCUT2D eigenvalue weighted by molar-refractivity contribution is 5.94. The van der Waals surface area contributed by atoms with Gasteiger partial charge in [-0.3, -0.25) is 4.79 Å². The van der Waals surface area contributed by atoms with E-state index in [0.29, 0.717) is 18.7 Å². The second-order valence-electron chi connectivity index (χ2n) is 6.92. The van der Waals surface area contributed by atoms with E-state index in [1.54, 1.807) is 12.4 Å². The van der Waals surface area contributed by atoms with Gasteiger partial charge >= 0.3 is 0 Å². The minimum atomic E-state index is 0.0360. The summed E-state index contributed by atoms with van der Waals surface area (Å²) in [5.74, 6) is 1.78. The van der Waals surface area contributed by atoms with Crippen molar-refractivity contribution in [2.45, 2.75) is 18.9 Å². The van der Waals surface area contributed by atoms with Crippen LogP contribution in [0.25, 0.3) is 0 Å². The molecule has 0 saturated carbocycles. The maximum absolute atomic E-state index is 12.7. The van der Waals surface area contributed by atoms with Gasteiger partial charge in [-0.1, -0.05) is 6.07 Å². The first-order valence-corrected chi connectivity index (χ1v) is 9.56. The van der Waals surface area contributed by atoms with Crippen LogP contribution in [0.5, 0.6) is 0 Å². The molecule has 7 nitrogen and oxygen atoms in total. The van der Waals surface area contributed by atoms with Crippen LogP contribution < -0.4 is 10.2 Å². The highest BCUT2D eigenvalue weighted by atomic mass is 16.5. The number of hydrogen-bond donors (Lipinski definition) is 1. The normalized spacial score (nSPS) is 19.9. The highest BCUT2D eigenvalue weighted by Gasteiger charge is 2.23. The fraction of sp³-hybridized carbons (Fsp3) is 0.450. The van der Waals surface area contributed by atoms with Crippen molar-refractivity contribution in [3.8, 4) is 0 Å². The molecule has 2 fully saturated rings. The largest absolute Gasteiger partial charge is 0.376 e. The van der Waals surface area contributed by atoms with Gasteiger partial charge in [0.1, 0.15) is 11.6 Å². The summed E-state index contributed by atoms with van der Waals surface area (Å²) in [5, 5.41) is 3.28. The summed E-state index contributed by atoms with van der Waals surface area (Å²) in [6, 6.07) is 9.61. The van der Waals surface area contributed by atoms with Crippen molar-refractivity contribution in [2.75, 3.05) is 49.5 Å². The average molecular weight is 367 g/mol. The van der Waals surface area contributed by atoms with Crippen molar-refractivity contribution in [3.63, 3.8) is 0 Å². The van der Waals surface area contributed by atoms with Gasteiger partial charge in [0.15, 0.2) is 0 Å². The standard InChI is InChI=1S/C20H25N5O2/c26-20(25-11-9-24(10-12-25)19-5-1-2-8-21-19)16-6-7-18(22-14-16)23-15-17-4-3-13-27-17/h1-2,5-8,14,17H,3-4,9-13,15H2,(H,22,23). The van der Waals surface area contributed by atoms with Crippen molar-refractivity contribution in [3.05, 3.63) is 48.3 Å². The van der Waals surface area contributed by atoms with E-state index in [1.165, 1.54) is 0 Å². The number of nitrogens with one attached hydrogen (secondary N) is 1. The summed E-state index contributed by atoms with van der Waals surface area (Å²) in [6.45, 7) is 4.56. The Bertz CT molecular complexity index is 739. The van der Waals surface area contributed by atoms with E-state index < -0.39 is 0 Å². The van der Waals surface area contributed by atoms with Crippen LogP contribution in [0.15, 0.2) is 42.7 Å². The van der Waals surface area contributed by atoms with Gasteiger partial charge in [0.05, 0.1) is 11.7 Å². The second-order valence-corrected chi connectivity index (χ2v) is 6.92. The zero-order valence-corrected chi connectivity index (χ0v) is 15.4. The van der Waals surface area contributed by atoms with Crippen LogP contribution in [0.3, 0.4) is 0 Å². The Morgan fingerprint density at radius 2 is 2.04 bits per heavy atom. The van der Waals surface area contributed by atoms with Gasteiger partial charge in [-0.15, -0.1) is 0 Å². The molecule has 2 aliphatic rings. The van der Waals surface area contributed by atoms with Crippen LogP contribution in [0.1, 0.15) is 23.2 Å². The minimum absolute atomic E-state index is 0.0360. The van der Waals surface area contributed by atoms with Gasteiger partial charge in [-0.25, -0.2) is 9.97 Å². The van der Waals surface area contributed by atoms with Crippen LogP contribution >= 0.6 is 0 Å². The zero-order chi connectivity index (χ0) is 18.5. The van der Waals surface area contributed by atoms with E-state index in [4.69, 9.17) is 4.74 Å². The molecule has 4 heterocycles. The molecule has 2 aromatic rings. The number of rotatable bonds is 5. The van der Waals surface area contributed by atoms with Gasteiger partial charge in [0.2, 0.25) is 0 Å². The number of hydrogen-bond acceptors (Lipinski definition) is 6. The molecule has 2 saturated heterocycles. The first kappa shape index (κ1) is 17.7. The van der Waals surface area contributed by atoms with E-state index in [1.807, 2.05) is 35.2 Å². The number of anilines is 2. The number of nitrogens with zero attached hydrogens (tertiary/aromatic N) is 4. The molecule has 1 atom stereocenters. The number of piperazine rings is 1.